The molecule has 0 saturated carbocycles. The van der Waals surface area contributed by atoms with Crippen LogP contribution in [-0.2, 0) is 9.59 Å². The smallest absolute Gasteiger partial charge is 0.236 e. The van der Waals surface area contributed by atoms with Gasteiger partial charge in [0.05, 0.1) is 28.8 Å². The van der Waals surface area contributed by atoms with Crippen LogP contribution in [0.25, 0.3) is 6.08 Å². The topological polar surface area (TPSA) is 57.7 Å². The molecule has 3 aromatic rings. The highest BCUT2D eigenvalue weighted by Gasteiger charge is 2.64. The first-order valence-electron chi connectivity index (χ1n) is 11.1. The molecule has 3 aliphatic heterocycles. The number of hydrogen-bond acceptors (Lipinski definition) is 5. The Bertz CT molecular complexity index is 1280. The zero-order valence-electron chi connectivity index (χ0n) is 18.0. The van der Waals surface area contributed by atoms with Crippen LogP contribution in [-0.4, -0.2) is 33.4 Å². The van der Waals surface area contributed by atoms with Crippen molar-refractivity contribution in [3.63, 3.8) is 0 Å². The number of imide groups is 1. The number of fused-ring (bicyclic) bond motifs is 5. The molecule has 1 aromatic heterocycles. The number of Topliss-reactive ketones (excluding diaryl/α,β-unsaturated/α-hetero) is 1. The molecule has 6 rings (SSSR count). The SMILES string of the molecule is C[C@H](c1ccccc1)N1C(=O)[C@@H]2[C@H](C1=O)[C@H]1c3ccccc3C=CN1[C@@H]2C(=O)c1cccs1. The fourth-order valence-electron chi connectivity index (χ4n) is 5.71. The summed E-state index contributed by atoms with van der Waals surface area (Å²) < 4.78 is 0. The number of amides is 2. The third-order valence-electron chi connectivity index (χ3n) is 7.20. The maximum atomic E-state index is 13.9. The van der Waals surface area contributed by atoms with E-state index in [-0.39, 0.29) is 23.6 Å². The van der Waals surface area contributed by atoms with Gasteiger partial charge < -0.3 is 4.90 Å². The van der Waals surface area contributed by atoms with E-state index in [1.165, 1.54) is 16.2 Å². The number of hydrogen-bond donors (Lipinski definition) is 0. The lowest BCUT2D eigenvalue weighted by Gasteiger charge is -2.36. The third-order valence-corrected chi connectivity index (χ3v) is 8.08. The van der Waals surface area contributed by atoms with Crippen LogP contribution >= 0.6 is 11.3 Å². The minimum atomic E-state index is -0.709. The van der Waals surface area contributed by atoms with E-state index in [4.69, 9.17) is 0 Å². The number of nitrogens with zero attached hydrogens (tertiary/aromatic N) is 2. The van der Waals surface area contributed by atoms with Crippen LogP contribution in [0.1, 0.15) is 45.4 Å². The van der Waals surface area contributed by atoms with Gasteiger partial charge in [0.1, 0.15) is 6.04 Å². The van der Waals surface area contributed by atoms with Gasteiger partial charge in [-0.2, -0.15) is 0 Å². The van der Waals surface area contributed by atoms with Gasteiger partial charge >= 0.3 is 0 Å². The molecule has 2 amide bonds. The Labute approximate surface area is 195 Å². The molecular formula is C27H22N2O3S. The van der Waals surface area contributed by atoms with E-state index >= 15 is 0 Å². The van der Waals surface area contributed by atoms with E-state index < -0.39 is 23.9 Å². The van der Waals surface area contributed by atoms with Crippen LogP contribution in [0.3, 0.4) is 0 Å². The van der Waals surface area contributed by atoms with E-state index in [9.17, 15) is 14.4 Å². The van der Waals surface area contributed by atoms with Crippen LogP contribution in [0.4, 0.5) is 0 Å². The van der Waals surface area contributed by atoms with Gasteiger partial charge in [0, 0.05) is 6.20 Å². The van der Waals surface area contributed by atoms with Gasteiger partial charge in [-0.25, -0.2) is 0 Å². The van der Waals surface area contributed by atoms with Crippen molar-refractivity contribution in [2.24, 2.45) is 11.8 Å². The minimum absolute atomic E-state index is 0.0955. The quantitative estimate of drug-likeness (QED) is 0.423. The zero-order chi connectivity index (χ0) is 22.7. The number of carbonyl (C=O) groups is 3. The van der Waals surface area contributed by atoms with Gasteiger partial charge in [0.15, 0.2) is 5.78 Å². The molecule has 0 aliphatic carbocycles. The molecule has 2 saturated heterocycles. The highest BCUT2D eigenvalue weighted by atomic mass is 32.1. The van der Waals surface area contributed by atoms with E-state index in [1.807, 2.05) is 90.1 Å². The Hall–Kier alpha value is -3.51. The summed E-state index contributed by atoms with van der Waals surface area (Å²) in [6.45, 7) is 1.88. The second kappa shape index (κ2) is 7.52. The Balaban J connectivity index is 1.48. The largest absolute Gasteiger partial charge is 0.358 e. The van der Waals surface area contributed by atoms with E-state index in [2.05, 4.69) is 0 Å². The molecule has 6 heteroatoms. The lowest BCUT2D eigenvalue weighted by molar-refractivity contribution is -0.143. The van der Waals surface area contributed by atoms with Crippen molar-refractivity contribution in [2.45, 2.75) is 25.0 Å². The predicted molar refractivity (Wildman–Crippen MR) is 126 cm³/mol. The summed E-state index contributed by atoms with van der Waals surface area (Å²) in [6.07, 6.45) is 3.87. The van der Waals surface area contributed by atoms with Crippen LogP contribution in [0.5, 0.6) is 0 Å². The van der Waals surface area contributed by atoms with E-state index in [0.29, 0.717) is 4.88 Å². The van der Waals surface area contributed by atoms with Gasteiger partial charge in [-0.1, -0.05) is 60.7 Å². The number of thiophene rings is 1. The predicted octanol–water partition coefficient (Wildman–Crippen LogP) is 4.70. The highest BCUT2D eigenvalue weighted by molar-refractivity contribution is 7.12. The van der Waals surface area contributed by atoms with Crippen molar-refractivity contribution in [2.75, 3.05) is 0 Å². The molecule has 3 aliphatic rings. The second-order valence-electron chi connectivity index (χ2n) is 8.81. The zero-order valence-corrected chi connectivity index (χ0v) is 18.8. The summed E-state index contributed by atoms with van der Waals surface area (Å²) in [5, 5.41) is 1.86. The number of likely N-dealkylation sites (tertiary alicyclic amines) is 1. The summed E-state index contributed by atoms with van der Waals surface area (Å²) in [4.78, 5) is 45.4. The van der Waals surface area contributed by atoms with E-state index in [0.717, 1.165) is 16.7 Å². The molecular weight excluding hydrogens is 432 g/mol. The summed E-state index contributed by atoms with van der Waals surface area (Å²) in [5.41, 5.74) is 2.92. The molecule has 4 heterocycles. The van der Waals surface area contributed by atoms with Gasteiger partial charge in [0.2, 0.25) is 11.8 Å². The van der Waals surface area contributed by atoms with Crippen LogP contribution in [0.15, 0.2) is 78.3 Å². The molecule has 0 radical (unpaired) electrons. The van der Waals surface area contributed by atoms with Crippen molar-refractivity contribution >= 4 is 35.0 Å². The van der Waals surface area contributed by atoms with Crippen LogP contribution in [0.2, 0.25) is 0 Å². The fourth-order valence-corrected chi connectivity index (χ4v) is 6.40. The summed E-state index contributed by atoms with van der Waals surface area (Å²) >= 11 is 1.37. The normalized spacial score (nSPS) is 26.2. The van der Waals surface area contributed by atoms with Gasteiger partial charge in [-0.15, -0.1) is 11.3 Å². The van der Waals surface area contributed by atoms with Gasteiger partial charge in [-0.05, 0) is 41.1 Å². The average molecular weight is 455 g/mol. The highest BCUT2D eigenvalue weighted by Crippen LogP contribution is 2.54. The Morgan fingerprint density at radius 1 is 0.909 bits per heavy atom. The van der Waals surface area contributed by atoms with Crippen molar-refractivity contribution in [1.82, 2.24) is 9.80 Å². The molecule has 164 valence electrons. The number of carbonyl (C=O) groups excluding carboxylic acids is 3. The van der Waals surface area contributed by atoms with Crippen LogP contribution < -0.4 is 0 Å². The van der Waals surface area contributed by atoms with Crippen molar-refractivity contribution in [3.05, 3.63) is 99.9 Å². The molecule has 2 fully saturated rings. The molecule has 0 spiro atoms. The Morgan fingerprint density at radius 2 is 1.64 bits per heavy atom. The van der Waals surface area contributed by atoms with Crippen molar-refractivity contribution in [1.29, 1.82) is 0 Å². The molecule has 2 aromatic carbocycles. The first-order chi connectivity index (χ1) is 16.1. The second-order valence-corrected chi connectivity index (χ2v) is 9.76. The van der Waals surface area contributed by atoms with Gasteiger partial charge in [-0.3, -0.25) is 19.3 Å². The first-order valence-corrected chi connectivity index (χ1v) is 12.0. The minimum Gasteiger partial charge on any atom is -0.358 e. The molecule has 33 heavy (non-hydrogen) atoms. The van der Waals surface area contributed by atoms with Crippen molar-refractivity contribution < 1.29 is 14.4 Å². The monoisotopic (exact) mass is 454 g/mol. The first kappa shape index (κ1) is 20.1. The lowest BCUT2D eigenvalue weighted by atomic mass is 9.84. The summed E-state index contributed by atoms with van der Waals surface area (Å²) in [7, 11) is 0. The molecule has 5 atom stereocenters. The average Bonchev–Trinajstić information content (AvgIpc) is 3.55. The maximum Gasteiger partial charge on any atom is 0.236 e. The molecule has 0 N–H and O–H groups in total. The number of benzene rings is 2. The van der Waals surface area contributed by atoms with E-state index in [1.54, 1.807) is 6.07 Å². The lowest BCUT2D eigenvalue weighted by Crippen LogP contribution is -2.44. The Morgan fingerprint density at radius 3 is 2.39 bits per heavy atom. The molecule has 0 bridgehead atoms. The molecule has 0 unspecified atom stereocenters. The third kappa shape index (κ3) is 2.87. The summed E-state index contributed by atoms with van der Waals surface area (Å²) in [5.74, 6) is -1.84. The van der Waals surface area contributed by atoms with Gasteiger partial charge in [0.25, 0.3) is 0 Å². The number of rotatable bonds is 4. The van der Waals surface area contributed by atoms with Crippen molar-refractivity contribution in [3.8, 4) is 0 Å². The molecule has 5 nitrogen and oxygen atoms in total. The maximum absolute atomic E-state index is 13.9. The van der Waals surface area contributed by atoms with Crippen LogP contribution in [0, 0.1) is 11.8 Å². The Kier molecular flexibility index (Phi) is 4.59. The fraction of sp³-hybridized carbons (Fsp3) is 0.222. The number of ketones is 1. The standard InChI is InChI=1S/C27H22N2O3S/c1-16(17-8-3-2-4-9-17)29-26(31)21-22(27(29)32)24(25(30)20-12-7-15-33-20)28-14-13-18-10-5-6-11-19(18)23(21)28/h2-16,21-24H,1H3/t16-,21+,22-,23-,24+/m1/s1. The summed E-state index contributed by atoms with van der Waals surface area (Å²) in [6, 6.07) is 19.7.